The number of aryl methyl sites for hydroxylation is 1. The molecule has 2 aromatic carbocycles. The number of amides is 1. The van der Waals surface area contributed by atoms with E-state index in [0.717, 1.165) is 0 Å². The van der Waals surface area contributed by atoms with Gasteiger partial charge in [-0.2, -0.15) is 5.10 Å². The number of nitrogens with one attached hydrogen (secondary N) is 1. The first-order chi connectivity index (χ1) is 13.0. The molecule has 0 bridgehead atoms. The number of hydrogen-bond acceptors (Lipinski definition) is 4. The second kappa shape index (κ2) is 8.01. The number of aromatic nitrogens is 2. The average Bonchev–Trinajstić information content (AvgIpc) is 2.96. The molecule has 3 rings (SSSR count). The lowest BCUT2D eigenvalue weighted by Crippen LogP contribution is -2.14. The highest BCUT2D eigenvalue weighted by molar-refractivity contribution is 6.06. The molecule has 0 fully saturated rings. The van der Waals surface area contributed by atoms with Crippen LogP contribution in [0.15, 0.2) is 48.5 Å². The number of rotatable bonds is 6. The minimum Gasteiger partial charge on any atom is -0.491 e. The lowest BCUT2D eigenvalue weighted by atomic mass is 10.1. The Morgan fingerprint density at radius 2 is 1.81 bits per heavy atom. The highest BCUT2D eigenvalue weighted by Gasteiger charge is 2.19. The highest BCUT2D eigenvalue weighted by atomic mass is 19.1. The van der Waals surface area contributed by atoms with Crippen molar-refractivity contribution in [3.63, 3.8) is 0 Å². The van der Waals surface area contributed by atoms with Crippen molar-refractivity contribution in [2.75, 3.05) is 18.5 Å². The minimum absolute atomic E-state index is 0.0604. The van der Waals surface area contributed by atoms with Gasteiger partial charge < -0.3 is 15.2 Å². The Bertz CT molecular complexity index is 934. The topological polar surface area (TPSA) is 76.4 Å². The lowest BCUT2D eigenvalue weighted by Gasteiger charge is -2.08. The maximum Gasteiger partial charge on any atom is 0.259 e. The molecule has 0 unspecified atom stereocenters. The molecule has 1 amide bonds. The largest absolute Gasteiger partial charge is 0.491 e. The summed E-state index contributed by atoms with van der Waals surface area (Å²) in [5.74, 6) is 0.00518. The third-order valence-corrected chi connectivity index (χ3v) is 4.06. The van der Waals surface area contributed by atoms with Gasteiger partial charge in [-0.05, 0) is 62.4 Å². The van der Waals surface area contributed by atoms with Crippen LogP contribution < -0.4 is 10.1 Å². The highest BCUT2D eigenvalue weighted by Crippen LogP contribution is 2.21. The van der Waals surface area contributed by atoms with E-state index < -0.39 is 0 Å². The molecule has 0 aliphatic carbocycles. The van der Waals surface area contributed by atoms with Crippen LogP contribution in [0.25, 0.3) is 5.69 Å². The first-order valence-electron chi connectivity index (χ1n) is 8.47. The molecule has 7 heteroatoms. The molecule has 1 heterocycles. The molecular weight excluding hydrogens is 349 g/mol. The van der Waals surface area contributed by atoms with Gasteiger partial charge >= 0.3 is 0 Å². The number of ether oxygens (including phenoxy) is 1. The number of nitrogens with zero attached hydrogens (tertiary/aromatic N) is 2. The number of aliphatic hydroxyl groups is 1. The van der Waals surface area contributed by atoms with Gasteiger partial charge in [-0.3, -0.25) is 4.79 Å². The van der Waals surface area contributed by atoms with Crippen molar-refractivity contribution >= 4 is 11.6 Å². The van der Waals surface area contributed by atoms with E-state index in [9.17, 15) is 9.18 Å². The summed E-state index contributed by atoms with van der Waals surface area (Å²) in [5, 5.41) is 16.0. The molecule has 2 N–H and O–H groups in total. The van der Waals surface area contributed by atoms with Gasteiger partial charge in [0.15, 0.2) is 0 Å². The van der Waals surface area contributed by atoms with E-state index in [4.69, 9.17) is 9.84 Å². The van der Waals surface area contributed by atoms with Crippen LogP contribution in [0.3, 0.4) is 0 Å². The standard InChI is InChI=1S/C20H20FN3O3/c1-13-19(14(2)24(23-13)17-7-3-15(21)4-8-17)20(26)22-16-5-9-18(10-6-16)27-12-11-25/h3-10,25H,11-12H2,1-2H3,(H,22,26). The molecule has 3 aromatic rings. The first kappa shape index (κ1) is 18.6. The second-order valence-electron chi connectivity index (χ2n) is 5.98. The van der Waals surface area contributed by atoms with E-state index in [-0.39, 0.29) is 24.9 Å². The Kier molecular flexibility index (Phi) is 5.52. The van der Waals surface area contributed by atoms with Gasteiger partial charge in [0, 0.05) is 5.69 Å². The summed E-state index contributed by atoms with van der Waals surface area (Å²) < 4.78 is 20.1. The van der Waals surface area contributed by atoms with Gasteiger partial charge in [0.2, 0.25) is 0 Å². The van der Waals surface area contributed by atoms with Crippen LogP contribution in [0.5, 0.6) is 5.75 Å². The zero-order valence-electron chi connectivity index (χ0n) is 15.1. The number of halogens is 1. The molecule has 0 saturated heterocycles. The van der Waals surface area contributed by atoms with Gasteiger partial charge in [-0.1, -0.05) is 0 Å². The van der Waals surface area contributed by atoms with Crippen molar-refractivity contribution < 1.29 is 19.0 Å². The van der Waals surface area contributed by atoms with Crippen molar-refractivity contribution in [1.82, 2.24) is 9.78 Å². The van der Waals surface area contributed by atoms with Gasteiger partial charge in [0.1, 0.15) is 18.2 Å². The van der Waals surface area contributed by atoms with Crippen LogP contribution >= 0.6 is 0 Å². The monoisotopic (exact) mass is 369 g/mol. The molecule has 0 atom stereocenters. The fraction of sp³-hybridized carbons (Fsp3) is 0.200. The molecule has 0 spiro atoms. The number of hydrogen-bond donors (Lipinski definition) is 2. The maximum absolute atomic E-state index is 13.1. The zero-order chi connectivity index (χ0) is 19.4. The molecule has 1 aromatic heterocycles. The van der Waals surface area contributed by atoms with Gasteiger partial charge in [0.25, 0.3) is 5.91 Å². The Morgan fingerprint density at radius 3 is 2.44 bits per heavy atom. The predicted octanol–water partition coefficient (Wildman–Crippen LogP) is 3.25. The van der Waals surface area contributed by atoms with Crippen LogP contribution in [-0.4, -0.2) is 34.0 Å². The Labute approximate surface area is 156 Å². The normalized spacial score (nSPS) is 10.7. The Balaban J connectivity index is 1.80. The number of anilines is 1. The summed E-state index contributed by atoms with van der Waals surface area (Å²) in [6, 6.07) is 12.8. The van der Waals surface area contributed by atoms with E-state index in [2.05, 4.69) is 10.4 Å². The summed E-state index contributed by atoms with van der Waals surface area (Å²) in [4.78, 5) is 12.7. The van der Waals surface area contributed by atoms with E-state index in [1.807, 2.05) is 0 Å². The zero-order valence-corrected chi connectivity index (χ0v) is 15.1. The number of aliphatic hydroxyl groups excluding tert-OH is 1. The molecular formula is C20H20FN3O3. The molecule has 0 aliphatic heterocycles. The third-order valence-electron chi connectivity index (χ3n) is 4.06. The van der Waals surface area contributed by atoms with E-state index in [1.54, 1.807) is 54.9 Å². The maximum atomic E-state index is 13.1. The predicted molar refractivity (Wildman–Crippen MR) is 100.0 cm³/mol. The smallest absolute Gasteiger partial charge is 0.259 e. The molecule has 0 aliphatic rings. The fourth-order valence-corrected chi connectivity index (χ4v) is 2.80. The van der Waals surface area contributed by atoms with Gasteiger partial charge in [0.05, 0.1) is 29.2 Å². The SMILES string of the molecule is Cc1nn(-c2ccc(F)cc2)c(C)c1C(=O)Nc1ccc(OCCO)cc1. The van der Waals surface area contributed by atoms with E-state index in [0.29, 0.717) is 34.1 Å². The number of carbonyl (C=O) groups excluding carboxylic acids is 1. The van der Waals surface area contributed by atoms with Crippen molar-refractivity contribution in [3.05, 3.63) is 71.3 Å². The van der Waals surface area contributed by atoms with Crippen LogP contribution in [0, 0.1) is 19.7 Å². The van der Waals surface area contributed by atoms with Crippen molar-refractivity contribution in [3.8, 4) is 11.4 Å². The minimum atomic E-state index is -0.329. The van der Waals surface area contributed by atoms with Crippen molar-refractivity contribution in [1.29, 1.82) is 0 Å². The van der Waals surface area contributed by atoms with Crippen molar-refractivity contribution in [2.24, 2.45) is 0 Å². The van der Waals surface area contributed by atoms with E-state index in [1.165, 1.54) is 12.1 Å². The van der Waals surface area contributed by atoms with Gasteiger partial charge in [-0.15, -0.1) is 0 Å². The van der Waals surface area contributed by atoms with Crippen LogP contribution in [0.2, 0.25) is 0 Å². The van der Waals surface area contributed by atoms with E-state index >= 15 is 0 Å². The quantitative estimate of drug-likeness (QED) is 0.699. The molecule has 0 radical (unpaired) electrons. The summed E-state index contributed by atoms with van der Waals surface area (Å²) in [7, 11) is 0. The number of benzene rings is 2. The summed E-state index contributed by atoms with van der Waals surface area (Å²) in [5.41, 5.74) is 3.02. The third kappa shape index (κ3) is 4.15. The average molecular weight is 369 g/mol. The Morgan fingerprint density at radius 1 is 1.15 bits per heavy atom. The van der Waals surface area contributed by atoms with Crippen LogP contribution in [-0.2, 0) is 0 Å². The molecule has 140 valence electrons. The summed E-state index contributed by atoms with van der Waals surface area (Å²) in [6.07, 6.45) is 0. The Hall–Kier alpha value is -3.19. The lowest BCUT2D eigenvalue weighted by molar-refractivity contribution is 0.102. The fourth-order valence-electron chi connectivity index (χ4n) is 2.80. The second-order valence-corrected chi connectivity index (χ2v) is 5.98. The molecule has 27 heavy (non-hydrogen) atoms. The van der Waals surface area contributed by atoms with Crippen molar-refractivity contribution in [2.45, 2.75) is 13.8 Å². The van der Waals surface area contributed by atoms with Crippen LogP contribution in [0.4, 0.5) is 10.1 Å². The van der Waals surface area contributed by atoms with Crippen LogP contribution in [0.1, 0.15) is 21.7 Å². The molecule has 0 saturated carbocycles. The summed E-state index contributed by atoms with van der Waals surface area (Å²) >= 11 is 0. The first-order valence-corrected chi connectivity index (χ1v) is 8.47. The summed E-state index contributed by atoms with van der Waals surface area (Å²) in [6.45, 7) is 3.71. The molecule has 6 nitrogen and oxygen atoms in total. The number of carbonyl (C=O) groups is 1. The van der Waals surface area contributed by atoms with Gasteiger partial charge in [-0.25, -0.2) is 9.07 Å².